The number of ether oxygens (including phenoxy) is 1. The molecule has 1 aliphatic heterocycles. The number of ketones is 1. The number of Topliss-reactive ketones (excluding diaryl/α,β-unsaturated/α-hetero) is 1. The summed E-state index contributed by atoms with van der Waals surface area (Å²) < 4.78 is 5.46. The molecule has 3 rings (SSSR count). The number of fused-ring (bicyclic) bond motifs is 1. The van der Waals surface area contributed by atoms with Crippen LogP contribution in [-0.2, 0) is 11.2 Å². The highest BCUT2D eigenvalue weighted by Gasteiger charge is 2.41. The van der Waals surface area contributed by atoms with E-state index in [1.807, 2.05) is 6.07 Å². The van der Waals surface area contributed by atoms with Crippen molar-refractivity contribution in [3.05, 3.63) is 29.3 Å². The number of carbonyl (C=O) groups is 1. The lowest BCUT2D eigenvalue weighted by molar-refractivity contribution is -0.118. The third-order valence-corrected chi connectivity index (χ3v) is 3.45. The van der Waals surface area contributed by atoms with Gasteiger partial charge in [0, 0.05) is 12.3 Å². The van der Waals surface area contributed by atoms with Crippen LogP contribution in [0.15, 0.2) is 18.2 Å². The van der Waals surface area contributed by atoms with Crippen LogP contribution in [0.3, 0.4) is 0 Å². The average molecular weight is 202 g/mol. The molecule has 0 saturated heterocycles. The van der Waals surface area contributed by atoms with Crippen molar-refractivity contribution >= 4 is 5.78 Å². The van der Waals surface area contributed by atoms with Gasteiger partial charge in [-0.15, -0.1) is 0 Å². The minimum absolute atomic E-state index is 0.283. The van der Waals surface area contributed by atoms with Crippen molar-refractivity contribution in [2.45, 2.75) is 25.7 Å². The summed E-state index contributed by atoms with van der Waals surface area (Å²) in [7, 11) is 0. The predicted octanol–water partition coefficient (Wildman–Crippen LogP) is 2.31. The van der Waals surface area contributed by atoms with Gasteiger partial charge in [-0.25, -0.2) is 0 Å². The van der Waals surface area contributed by atoms with Crippen molar-refractivity contribution in [2.75, 3.05) is 6.61 Å². The first kappa shape index (κ1) is 8.96. The fourth-order valence-electron chi connectivity index (χ4n) is 2.45. The van der Waals surface area contributed by atoms with E-state index >= 15 is 0 Å². The van der Waals surface area contributed by atoms with Gasteiger partial charge in [0.25, 0.3) is 0 Å². The molecular formula is C13H14O2. The summed E-state index contributed by atoms with van der Waals surface area (Å²) in [5.74, 6) is 2.12. The first-order valence-corrected chi connectivity index (χ1v) is 5.52. The summed E-state index contributed by atoms with van der Waals surface area (Å²) in [6, 6.07) is 6.38. The highest BCUT2D eigenvalue weighted by molar-refractivity contribution is 5.82. The highest BCUT2D eigenvalue weighted by Crippen LogP contribution is 2.48. The van der Waals surface area contributed by atoms with Crippen LogP contribution in [0.4, 0.5) is 0 Å². The zero-order chi connectivity index (χ0) is 10.4. The Labute approximate surface area is 89.2 Å². The van der Waals surface area contributed by atoms with Gasteiger partial charge in [-0.3, -0.25) is 4.79 Å². The van der Waals surface area contributed by atoms with Crippen molar-refractivity contribution < 1.29 is 9.53 Å². The Kier molecular flexibility index (Phi) is 1.84. The first-order chi connectivity index (χ1) is 7.25. The Hall–Kier alpha value is -1.31. The lowest BCUT2D eigenvalue weighted by atomic mass is 10.0. The highest BCUT2D eigenvalue weighted by atomic mass is 16.5. The molecule has 78 valence electrons. The van der Waals surface area contributed by atoms with Gasteiger partial charge < -0.3 is 4.74 Å². The SMILES string of the molecule is CC(=O)[C@@H]1C[C@H]1c1ccc2c(c1)CCO2. The third kappa shape index (κ3) is 1.44. The maximum absolute atomic E-state index is 11.2. The molecule has 0 bridgehead atoms. The molecule has 1 aromatic carbocycles. The molecule has 2 aliphatic rings. The Bertz CT molecular complexity index is 423. The molecule has 0 spiro atoms. The Morgan fingerprint density at radius 3 is 3.07 bits per heavy atom. The van der Waals surface area contributed by atoms with Gasteiger partial charge in [0.05, 0.1) is 6.61 Å². The van der Waals surface area contributed by atoms with E-state index in [2.05, 4.69) is 12.1 Å². The van der Waals surface area contributed by atoms with Crippen LogP contribution in [0.1, 0.15) is 30.4 Å². The van der Waals surface area contributed by atoms with Crippen LogP contribution in [-0.4, -0.2) is 12.4 Å². The van der Waals surface area contributed by atoms with Gasteiger partial charge in [0.1, 0.15) is 11.5 Å². The van der Waals surface area contributed by atoms with Gasteiger partial charge in [-0.1, -0.05) is 12.1 Å². The number of benzene rings is 1. The molecule has 1 fully saturated rings. The summed E-state index contributed by atoms with van der Waals surface area (Å²) in [6.07, 6.45) is 2.05. The van der Waals surface area contributed by atoms with Crippen LogP contribution in [0, 0.1) is 5.92 Å². The number of hydrogen-bond donors (Lipinski definition) is 0. The number of rotatable bonds is 2. The zero-order valence-corrected chi connectivity index (χ0v) is 8.82. The van der Waals surface area contributed by atoms with Crippen molar-refractivity contribution in [3.8, 4) is 5.75 Å². The topological polar surface area (TPSA) is 26.3 Å². The smallest absolute Gasteiger partial charge is 0.133 e. The second kappa shape index (κ2) is 3.09. The predicted molar refractivity (Wildman–Crippen MR) is 57.2 cm³/mol. The molecule has 0 unspecified atom stereocenters. The van der Waals surface area contributed by atoms with Gasteiger partial charge >= 0.3 is 0 Å². The van der Waals surface area contributed by atoms with Crippen LogP contribution in [0.5, 0.6) is 5.75 Å². The standard InChI is InChI=1S/C13H14O2/c1-8(14)11-7-12(11)9-2-3-13-10(6-9)4-5-15-13/h2-3,6,11-12H,4-5,7H2,1H3/t11-,12-/m0/s1. The molecule has 15 heavy (non-hydrogen) atoms. The summed E-state index contributed by atoms with van der Waals surface area (Å²) in [6.45, 7) is 2.50. The maximum atomic E-state index is 11.2. The van der Waals surface area contributed by atoms with Crippen molar-refractivity contribution in [2.24, 2.45) is 5.92 Å². The fourth-order valence-corrected chi connectivity index (χ4v) is 2.45. The zero-order valence-electron chi connectivity index (χ0n) is 8.82. The van der Waals surface area contributed by atoms with Gasteiger partial charge in [0.2, 0.25) is 0 Å². The molecule has 0 amide bonds. The van der Waals surface area contributed by atoms with Crippen LogP contribution < -0.4 is 4.74 Å². The third-order valence-electron chi connectivity index (χ3n) is 3.45. The molecule has 1 heterocycles. The van der Waals surface area contributed by atoms with E-state index in [0.29, 0.717) is 11.7 Å². The minimum atomic E-state index is 0.283. The lowest BCUT2D eigenvalue weighted by Gasteiger charge is -2.02. The van der Waals surface area contributed by atoms with Gasteiger partial charge in [-0.05, 0) is 36.5 Å². The van der Waals surface area contributed by atoms with Crippen LogP contribution in [0.25, 0.3) is 0 Å². The van der Waals surface area contributed by atoms with Gasteiger partial charge in [0.15, 0.2) is 0 Å². The Balaban J connectivity index is 1.86. The lowest BCUT2D eigenvalue weighted by Crippen LogP contribution is -1.95. The van der Waals surface area contributed by atoms with Crippen molar-refractivity contribution in [1.29, 1.82) is 0 Å². The molecule has 1 saturated carbocycles. The van der Waals surface area contributed by atoms with E-state index < -0.39 is 0 Å². The fraction of sp³-hybridized carbons (Fsp3) is 0.462. The van der Waals surface area contributed by atoms with Crippen LogP contribution in [0.2, 0.25) is 0 Å². The largest absolute Gasteiger partial charge is 0.493 e. The molecule has 2 atom stereocenters. The quantitative estimate of drug-likeness (QED) is 0.735. The maximum Gasteiger partial charge on any atom is 0.133 e. The molecule has 0 N–H and O–H groups in total. The number of carbonyl (C=O) groups excluding carboxylic acids is 1. The van der Waals surface area contributed by atoms with Crippen LogP contribution >= 0.6 is 0 Å². The Morgan fingerprint density at radius 2 is 2.33 bits per heavy atom. The number of hydrogen-bond acceptors (Lipinski definition) is 2. The van der Waals surface area contributed by atoms with Crippen molar-refractivity contribution in [1.82, 2.24) is 0 Å². The molecule has 1 aliphatic carbocycles. The molecular weight excluding hydrogens is 188 g/mol. The summed E-state index contributed by atoms with van der Waals surface area (Å²) in [5.41, 5.74) is 2.63. The summed E-state index contributed by atoms with van der Waals surface area (Å²) in [5, 5.41) is 0. The molecule has 2 heteroatoms. The average Bonchev–Trinajstić information content (AvgIpc) is 2.89. The summed E-state index contributed by atoms with van der Waals surface area (Å²) in [4.78, 5) is 11.2. The second-order valence-corrected chi connectivity index (χ2v) is 4.52. The molecule has 1 aromatic rings. The van der Waals surface area contributed by atoms with E-state index in [9.17, 15) is 4.79 Å². The summed E-state index contributed by atoms with van der Waals surface area (Å²) >= 11 is 0. The molecule has 0 radical (unpaired) electrons. The monoisotopic (exact) mass is 202 g/mol. The molecule has 0 aromatic heterocycles. The molecule has 2 nitrogen and oxygen atoms in total. The second-order valence-electron chi connectivity index (χ2n) is 4.52. The van der Waals surface area contributed by atoms with E-state index in [0.717, 1.165) is 25.2 Å². The van der Waals surface area contributed by atoms with E-state index in [4.69, 9.17) is 4.74 Å². The van der Waals surface area contributed by atoms with E-state index in [1.165, 1.54) is 11.1 Å². The van der Waals surface area contributed by atoms with Gasteiger partial charge in [-0.2, -0.15) is 0 Å². The Morgan fingerprint density at radius 1 is 1.47 bits per heavy atom. The van der Waals surface area contributed by atoms with Crippen molar-refractivity contribution in [3.63, 3.8) is 0 Å². The minimum Gasteiger partial charge on any atom is -0.493 e. The first-order valence-electron chi connectivity index (χ1n) is 5.52. The normalized spacial score (nSPS) is 27.0. The van der Waals surface area contributed by atoms with E-state index in [1.54, 1.807) is 6.92 Å². The van der Waals surface area contributed by atoms with E-state index in [-0.39, 0.29) is 5.92 Å².